The molecule has 0 aromatic heterocycles. The van der Waals surface area contributed by atoms with Gasteiger partial charge in [-0.1, -0.05) is 39.0 Å². The Kier molecular flexibility index (Phi) is 4.90. The molecule has 22 heavy (non-hydrogen) atoms. The SMILES string of the molecule is Cc1cc(N(I)c2ccccc2C(C)(C)C)c(C)c(C)c1C. The summed E-state index contributed by atoms with van der Waals surface area (Å²) in [6, 6.07) is 11.0. The Morgan fingerprint density at radius 1 is 0.818 bits per heavy atom. The highest BCUT2D eigenvalue weighted by Crippen LogP contribution is 2.40. The van der Waals surface area contributed by atoms with E-state index in [-0.39, 0.29) is 5.41 Å². The van der Waals surface area contributed by atoms with Crippen molar-refractivity contribution in [3.8, 4) is 0 Å². The quantitative estimate of drug-likeness (QED) is 0.395. The van der Waals surface area contributed by atoms with Crippen molar-refractivity contribution in [3.63, 3.8) is 0 Å². The summed E-state index contributed by atoms with van der Waals surface area (Å²) in [5.74, 6) is 0. The lowest BCUT2D eigenvalue weighted by molar-refractivity contribution is 0.592. The Hall–Kier alpha value is -1.03. The molecule has 1 nitrogen and oxygen atoms in total. The number of hydrogen-bond acceptors (Lipinski definition) is 1. The third-order valence-electron chi connectivity index (χ3n) is 4.59. The smallest absolute Gasteiger partial charge is 0.0646 e. The van der Waals surface area contributed by atoms with Gasteiger partial charge in [0.2, 0.25) is 0 Å². The number of halogens is 1. The van der Waals surface area contributed by atoms with Crippen LogP contribution in [0.25, 0.3) is 0 Å². The van der Waals surface area contributed by atoms with Crippen LogP contribution < -0.4 is 3.11 Å². The van der Waals surface area contributed by atoms with Gasteiger partial charge >= 0.3 is 0 Å². The minimum Gasteiger partial charge on any atom is -0.282 e. The second-order valence-electron chi connectivity index (χ2n) is 7.14. The summed E-state index contributed by atoms with van der Waals surface area (Å²) in [4.78, 5) is 0. The standard InChI is InChI=1S/C20H26IN/c1-13-12-19(16(4)15(3)14(13)2)22(21)18-11-9-8-10-17(18)20(5,6)7/h8-12H,1-7H3. The lowest BCUT2D eigenvalue weighted by Crippen LogP contribution is -2.16. The summed E-state index contributed by atoms with van der Waals surface area (Å²) in [7, 11) is 0. The third kappa shape index (κ3) is 3.17. The fourth-order valence-corrected chi connectivity index (χ4v) is 3.73. The monoisotopic (exact) mass is 407 g/mol. The molecule has 0 bridgehead atoms. The molecule has 0 fully saturated rings. The molecule has 2 rings (SSSR count). The van der Waals surface area contributed by atoms with Crippen LogP contribution in [0.5, 0.6) is 0 Å². The molecule has 0 N–H and O–H groups in total. The maximum atomic E-state index is 2.44. The van der Waals surface area contributed by atoms with Crippen LogP contribution in [0.1, 0.15) is 48.6 Å². The Morgan fingerprint density at radius 2 is 1.41 bits per heavy atom. The van der Waals surface area contributed by atoms with Gasteiger partial charge in [-0.3, -0.25) is 3.11 Å². The minimum absolute atomic E-state index is 0.128. The van der Waals surface area contributed by atoms with Gasteiger partial charge in [-0.05, 0) is 73.1 Å². The van der Waals surface area contributed by atoms with Gasteiger partial charge in [0.25, 0.3) is 0 Å². The van der Waals surface area contributed by atoms with E-state index in [1.165, 1.54) is 39.2 Å². The first kappa shape index (κ1) is 17.3. The van der Waals surface area contributed by atoms with E-state index < -0.39 is 0 Å². The fourth-order valence-electron chi connectivity index (χ4n) is 2.80. The summed E-state index contributed by atoms with van der Waals surface area (Å²) in [6.07, 6.45) is 0. The molecular weight excluding hydrogens is 381 g/mol. The van der Waals surface area contributed by atoms with Gasteiger partial charge in [-0.15, -0.1) is 0 Å². The molecule has 0 radical (unpaired) electrons. The van der Waals surface area contributed by atoms with Gasteiger partial charge in [0.05, 0.1) is 34.2 Å². The molecule has 0 atom stereocenters. The normalized spacial score (nSPS) is 11.6. The molecule has 2 aromatic rings. The number of aryl methyl sites for hydroxylation is 1. The molecule has 0 amide bonds. The van der Waals surface area contributed by atoms with Crippen molar-refractivity contribution >= 4 is 34.2 Å². The average Bonchev–Trinajstić information content (AvgIpc) is 2.47. The minimum atomic E-state index is 0.128. The van der Waals surface area contributed by atoms with E-state index in [4.69, 9.17) is 0 Å². The Balaban J connectivity index is 2.62. The number of para-hydroxylation sites is 1. The molecule has 0 heterocycles. The lowest BCUT2D eigenvalue weighted by Gasteiger charge is -2.29. The molecule has 0 saturated carbocycles. The second kappa shape index (κ2) is 6.23. The highest BCUT2D eigenvalue weighted by molar-refractivity contribution is 14.1. The Labute approximate surface area is 149 Å². The van der Waals surface area contributed by atoms with E-state index in [0.29, 0.717) is 0 Å². The summed E-state index contributed by atoms with van der Waals surface area (Å²) in [5, 5.41) is 0. The van der Waals surface area contributed by atoms with Gasteiger partial charge in [0.1, 0.15) is 0 Å². The zero-order valence-electron chi connectivity index (χ0n) is 14.7. The van der Waals surface area contributed by atoms with Crippen LogP contribution in [0.4, 0.5) is 11.4 Å². The van der Waals surface area contributed by atoms with E-state index in [0.717, 1.165) is 0 Å². The Bertz CT molecular complexity index is 696. The van der Waals surface area contributed by atoms with E-state index >= 15 is 0 Å². The van der Waals surface area contributed by atoms with Gasteiger partial charge in [-0.2, -0.15) is 0 Å². The van der Waals surface area contributed by atoms with Crippen LogP contribution in [0.3, 0.4) is 0 Å². The van der Waals surface area contributed by atoms with Gasteiger partial charge < -0.3 is 0 Å². The van der Waals surface area contributed by atoms with Crippen molar-refractivity contribution in [2.45, 2.75) is 53.9 Å². The maximum absolute atomic E-state index is 2.44. The first-order chi connectivity index (χ1) is 10.1. The van der Waals surface area contributed by atoms with Crippen molar-refractivity contribution in [2.75, 3.05) is 3.11 Å². The van der Waals surface area contributed by atoms with Crippen molar-refractivity contribution in [1.82, 2.24) is 0 Å². The summed E-state index contributed by atoms with van der Waals surface area (Å²) in [6.45, 7) is 15.7. The predicted molar refractivity (Wildman–Crippen MR) is 107 cm³/mol. The molecule has 2 aromatic carbocycles. The number of benzene rings is 2. The zero-order valence-corrected chi connectivity index (χ0v) is 16.9. The average molecular weight is 407 g/mol. The van der Waals surface area contributed by atoms with Crippen LogP contribution in [0.15, 0.2) is 30.3 Å². The Morgan fingerprint density at radius 3 is 2.00 bits per heavy atom. The van der Waals surface area contributed by atoms with Gasteiger partial charge in [-0.25, -0.2) is 0 Å². The first-order valence-electron chi connectivity index (χ1n) is 7.77. The number of hydrogen-bond donors (Lipinski definition) is 0. The number of nitrogens with zero attached hydrogens (tertiary/aromatic N) is 1. The van der Waals surface area contributed by atoms with Crippen LogP contribution in [0, 0.1) is 27.7 Å². The second-order valence-corrected chi connectivity index (χ2v) is 8.10. The molecule has 0 saturated heterocycles. The van der Waals surface area contributed by atoms with Crippen LogP contribution in [0.2, 0.25) is 0 Å². The highest BCUT2D eigenvalue weighted by atomic mass is 127. The maximum Gasteiger partial charge on any atom is 0.0646 e. The van der Waals surface area contributed by atoms with E-state index in [2.05, 4.69) is 105 Å². The fraction of sp³-hybridized carbons (Fsp3) is 0.400. The van der Waals surface area contributed by atoms with E-state index in [9.17, 15) is 0 Å². The number of rotatable bonds is 2. The number of anilines is 2. The molecule has 0 unspecified atom stereocenters. The van der Waals surface area contributed by atoms with Gasteiger partial charge in [0, 0.05) is 0 Å². The molecule has 2 heteroatoms. The predicted octanol–water partition coefficient (Wildman–Crippen LogP) is 6.71. The molecule has 0 aliphatic rings. The van der Waals surface area contributed by atoms with Crippen molar-refractivity contribution in [3.05, 3.63) is 58.1 Å². The largest absolute Gasteiger partial charge is 0.282 e. The molecular formula is C20H26IN. The van der Waals surface area contributed by atoms with E-state index in [1.807, 2.05) is 0 Å². The molecule has 0 aliphatic carbocycles. The highest BCUT2D eigenvalue weighted by Gasteiger charge is 2.22. The molecule has 0 spiro atoms. The third-order valence-corrected chi connectivity index (χ3v) is 5.63. The van der Waals surface area contributed by atoms with E-state index in [1.54, 1.807) is 0 Å². The molecule has 118 valence electrons. The summed E-state index contributed by atoms with van der Waals surface area (Å²) < 4.78 is 2.31. The van der Waals surface area contributed by atoms with Crippen molar-refractivity contribution in [1.29, 1.82) is 0 Å². The molecule has 0 aliphatic heterocycles. The van der Waals surface area contributed by atoms with Crippen molar-refractivity contribution in [2.24, 2.45) is 0 Å². The van der Waals surface area contributed by atoms with Crippen LogP contribution >= 0.6 is 22.9 Å². The first-order valence-corrected chi connectivity index (χ1v) is 8.74. The van der Waals surface area contributed by atoms with Crippen molar-refractivity contribution < 1.29 is 0 Å². The summed E-state index contributed by atoms with van der Waals surface area (Å²) in [5.41, 5.74) is 9.58. The van der Waals surface area contributed by atoms with Crippen LogP contribution in [-0.4, -0.2) is 0 Å². The van der Waals surface area contributed by atoms with Crippen LogP contribution in [-0.2, 0) is 5.41 Å². The zero-order chi connectivity index (χ0) is 16.7. The summed E-state index contributed by atoms with van der Waals surface area (Å²) >= 11 is 2.44. The van der Waals surface area contributed by atoms with Gasteiger partial charge in [0.15, 0.2) is 0 Å². The topological polar surface area (TPSA) is 3.24 Å². The lowest BCUT2D eigenvalue weighted by atomic mass is 9.85.